The first-order chi connectivity index (χ1) is 22.1. The van der Waals surface area contributed by atoms with Crippen LogP contribution in [0.3, 0.4) is 0 Å². The minimum Gasteiger partial charge on any atom is -0.508 e. The molecule has 4 atom stereocenters. The summed E-state index contributed by atoms with van der Waals surface area (Å²) < 4.78 is 77.8. The van der Waals surface area contributed by atoms with Crippen molar-refractivity contribution in [2.24, 2.45) is 0 Å². The Morgan fingerprint density at radius 3 is 2.67 bits per heavy atom. The zero-order valence-corrected chi connectivity index (χ0v) is 26.2. The molecule has 2 aromatic heterocycles. The minimum atomic E-state index is -3.25. The Balaban J connectivity index is 1.30. The van der Waals surface area contributed by atoms with Gasteiger partial charge in [0.1, 0.15) is 41.4 Å². The van der Waals surface area contributed by atoms with E-state index in [0.29, 0.717) is 59.8 Å². The first-order valence-corrected chi connectivity index (χ1v) is 17.7. The Kier molecular flexibility index (Phi) is 6.88. The molecule has 4 aliphatic rings. The van der Waals surface area contributed by atoms with Crippen LogP contribution in [0.15, 0.2) is 30.5 Å². The molecule has 4 aromatic rings. The van der Waals surface area contributed by atoms with Gasteiger partial charge in [0.05, 0.1) is 22.4 Å². The van der Waals surface area contributed by atoms with Gasteiger partial charge in [0.15, 0.2) is 15.7 Å². The summed E-state index contributed by atoms with van der Waals surface area (Å²) >= 11 is 0. The number of phenolic OH excluding ortho intramolecular Hbond substituents is 1. The van der Waals surface area contributed by atoms with E-state index in [2.05, 4.69) is 14.9 Å². The summed E-state index contributed by atoms with van der Waals surface area (Å²) in [5.41, 5.74) is -0.100. The maximum Gasteiger partial charge on any atom is 0.319 e. The Morgan fingerprint density at radius 1 is 1.13 bits per heavy atom. The molecule has 8 rings (SSSR count). The van der Waals surface area contributed by atoms with Gasteiger partial charge in [-0.2, -0.15) is 9.97 Å². The van der Waals surface area contributed by atoms with E-state index in [1.54, 1.807) is 6.92 Å². The number of anilines is 1. The second-order valence-corrected chi connectivity index (χ2v) is 15.4. The largest absolute Gasteiger partial charge is 0.508 e. The fourth-order valence-corrected chi connectivity index (χ4v) is 10.4. The number of fused-ring (bicyclic) bond motifs is 5. The average molecular weight is 654 g/mol. The summed E-state index contributed by atoms with van der Waals surface area (Å²) in [5, 5.41) is 11.8. The number of phenols is 1. The van der Waals surface area contributed by atoms with Crippen molar-refractivity contribution in [2.75, 3.05) is 36.1 Å². The molecule has 2 bridgehead atoms. The van der Waals surface area contributed by atoms with Crippen LogP contribution in [-0.2, 0) is 16.3 Å². The number of nitrogens with zero attached hydrogens (tertiary/aromatic N) is 5. The first kappa shape index (κ1) is 29.7. The molecule has 0 saturated carbocycles. The van der Waals surface area contributed by atoms with E-state index < -0.39 is 33.2 Å². The number of ether oxygens (including phenoxy) is 1. The van der Waals surface area contributed by atoms with E-state index in [1.807, 2.05) is 4.90 Å². The third-order valence-electron chi connectivity index (χ3n) is 10.4. The van der Waals surface area contributed by atoms with Gasteiger partial charge >= 0.3 is 6.01 Å². The van der Waals surface area contributed by atoms with E-state index in [0.717, 1.165) is 19.4 Å². The van der Waals surface area contributed by atoms with Crippen molar-refractivity contribution in [2.45, 2.75) is 69.2 Å². The number of aryl methyl sites for hydroxylation is 1. The molecule has 4 saturated heterocycles. The molecule has 6 heterocycles. The van der Waals surface area contributed by atoms with Crippen molar-refractivity contribution >= 4 is 37.3 Å². The number of hydrogen-bond donors (Lipinski definition) is 1. The van der Waals surface area contributed by atoms with Crippen LogP contribution in [0.25, 0.3) is 32.9 Å². The van der Waals surface area contributed by atoms with E-state index in [1.165, 1.54) is 30.5 Å². The van der Waals surface area contributed by atoms with Crippen molar-refractivity contribution in [1.82, 2.24) is 19.9 Å². The summed E-state index contributed by atoms with van der Waals surface area (Å²) in [5.74, 6) is -1.09. The lowest BCUT2D eigenvalue weighted by atomic mass is 9.94. The monoisotopic (exact) mass is 653 g/mol. The number of rotatable bonds is 6. The van der Waals surface area contributed by atoms with E-state index >= 15 is 4.39 Å². The molecule has 0 amide bonds. The summed E-state index contributed by atoms with van der Waals surface area (Å²) in [6, 6.07) is 4.97. The summed E-state index contributed by atoms with van der Waals surface area (Å²) in [6.07, 6.45) is 4.16. The Hall–Kier alpha value is -3.71. The van der Waals surface area contributed by atoms with Gasteiger partial charge in [-0.15, -0.1) is 0 Å². The topological polar surface area (TPSA) is 109 Å². The first-order valence-electron chi connectivity index (χ1n) is 15.9. The number of alkyl halides is 1. The zero-order valence-electron chi connectivity index (χ0n) is 25.3. The molecule has 9 nitrogen and oxygen atoms in total. The second kappa shape index (κ2) is 10.7. The van der Waals surface area contributed by atoms with Crippen LogP contribution in [0, 0.1) is 11.6 Å². The Bertz CT molecular complexity index is 1990. The summed E-state index contributed by atoms with van der Waals surface area (Å²) in [4.78, 5) is 17.8. The molecule has 0 aliphatic carbocycles. The normalized spacial score (nSPS) is 27.1. The standard InChI is InChI=1S/C33H34F3N5O4S/c1-2-23-26(35)7-4-18-10-22(42)11-24(27(18)23)29-28(36)30-25(13-37-29)31(41-20-5-6-21(41)16-46(43,44)15-20)39-32(38-30)45-17-33-8-3-9-40(33)14-19(34)12-33/h4,7,10-11,13,19-21,42H,2-3,5-6,8-9,12,14-17H2,1H3/t19-,20?,21?,33+/m1/s1. The molecule has 4 fully saturated rings. The van der Waals surface area contributed by atoms with Crippen molar-refractivity contribution in [3.05, 3.63) is 47.7 Å². The Labute approximate surface area is 264 Å². The molecule has 242 valence electrons. The SMILES string of the molecule is CCc1c(F)ccc2cc(O)cc(-c3ncc4c(N5C6CCC5CS(=O)(=O)C6)nc(OC[C@@]56CCCN5C[C@H](F)C6)nc4c3F)c12. The van der Waals surface area contributed by atoms with Gasteiger partial charge in [-0.1, -0.05) is 13.0 Å². The molecular weight excluding hydrogens is 619 g/mol. The molecule has 1 N–H and O–H groups in total. The van der Waals surface area contributed by atoms with Gasteiger partial charge in [0.25, 0.3) is 0 Å². The smallest absolute Gasteiger partial charge is 0.319 e. The van der Waals surface area contributed by atoms with Crippen LogP contribution >= 0.6 is 0 Å². The number of sulfone groups is 1. The number of hydrogen-bond acceptors (Lipinski definition) is 9. The van der Waals surface area contributed by atoms with Gasteiger partial charge in [0.2, 0.25) is 0 Å². The molecule has 2 unspecified atom stereocenters. The van der Waals surface area contributed by atoms with E-state index in [9.17, 15) is 22.3 Å². The van der Waals surface area contributed by atoms with Crippen LogP contribution in [0.1, 0.15) is 44.6 Å². The number of benzene rings is 2. The number of aromatic hydroxyl groups is 1. The lowest BCUT2D eigenvalue weighted by molar-refractivity contribution is 0.107. The highest BCUT2D eigenvalue weighted by molar-refractivity contribution is 7.91. The fourth-order valence-electron chi connectivity index (χ4n) is 8.44. The molecule has 0 radical (unpaired) electrons. The average Bonchev–Trinajstić information content (AvgIpc) is 3.63. The fraction of sp³-hybridized carbons (Fsp3) is 0.485. The van der Waals surface area contributed by atoms with Crippen LogP contribution < -0.4 is 9.64 Å². The predicted octanol–water partition coefficient (Wildman–Crippen LogP) is 5.11. The molecular formula is C33H34F3N5O4S. The highest BCUT2D eigenvalue weighted by atomic mass is 32.2. The molecule has 2 aromatic carbocycles. The number of aromatic nitrogens is 3. The highest BCUT2D eigenvalue weighted by Gasteiger charge is 2.50. The van der Waals surface area contributed by atoms with E-state index in [-0.39, 0.29) is 58.7 Å². The molecule has 13 heteroatoms. The summed E-state index contributed by atoms with van der Waals surface area (Å²) in [7, 11) is -3.25. The summed E-state index contributed by atoms with van der Waals surface area (Å²) in [6.45, 7) is 3.06. The predicted molar refractivity (Wildman–Crippen MR) is 168 cm³/mol. The van der Waals surface area contributed by atoms with Crippen molar-refractivity contribution in [3.8, 4) is 23.0 Å². The van der Waals surface area contributed by atoms with E-state index in [4.69, 9.17) is 9.72 Å². The third kappa shape index (κ3) is 4.68. The Morgan fingerprint density at radius 2 is 1.91 bits per heavy atom. The quantitative estimate of drug-likeness (QED) is 0.304. The van der Waals surface area contributed by atoms with Crippen molar-refractivity contribution in [3.63, 3.8) is 0 Å². The zero-order chi connectivity index (χ0) is 32.0. The van der Waals surface area contributed by atoms with Gasteiger partial charge in [-0.3, -0.25) is 9.88 Å². The maximum absolute atomic E-state index is 16.9. The third-order valence-corrected chi connectivity index (χ3v) is 12.2. The van der Waals surface area contributed by atoms with Crippen LogP contribution in [0.2, 0.25) is 0 Å². The van der Waals surface area contributed by atoms with Crippen LogP contribution in [0.4, 0.5) is 19.0 Å². The second-order valence-electron chi connectivity index (χ2n) is 13.2. The number of halogens is 3. The maximum atomic E-state index is 16.9. The van der Waals surface area contributed by atoms with Crippen molar-refractivity contribution in [1.29, 1.82) is 0 Å². The lowest BCUT2D eigenvalue weighted by Crippen LogP contribution is -2.49. The van der Waals surface area contributed by atoms with Crippen molar-refractivity contribution < 1.29 is 31.4 Å². The molecule has 4 aliphatic heterocycles. The molecule has 46 heavy (non-hydrogen) atoms. The highest BCUT2D eigenvalue weighted by Crippen LogP contribution is 2.43. The lowest BCUT2D eigenvalue weighted by Gasteiger charge is -2.36. The van der Waals surface area contributed by atoms with Gasteiger partial charge < -0.3 is 14.7 Å². The van der Waals surface area contributed by atoms with Gasteiger partial charge in [-0.05, 0) is 73.2 Å². The molecule has 0 spiro atoms. The van der Waals surface area contributed by atoms with Crippen LogP contribution in [-0.4, -0.2) is 88.4 Å². The minimum absolute atomic E-state index is 0.0320. The van der Waals surface area contributed by atoms with Gasteiger partial charge in [-0.25, -0.2) is 21.6 Å². The number of pyridine rings is 1. The van der Waals surface area contributed by atoms with Crippen LogP contribution in [0.5, 0.6) is 11.8 Å². The van der Waals surface area contributed by atoms with Gasteiger partial charge in [0, 0.05) is 36.8 Å².